The summed E-state index contributed by atoms with van der Waals surface area (Å²) in [6, 6.07) is 5.39. The van der Waals surface area contributed by atoms with Crippen molar-refractivity contribution < 1.29 is 33.1 Å². The molecule has 10 heteroatoms. The lowest BCUT2D eigenvalue weighted by atomic mass is 10.1. The van der Waals surface area contributed by atoms with Crippen LogP contribution < -0.4 is 5.32 Å². The number of aryl methyl sites for hydroxylation is 1. The maximum absolute atomic E-state index is 12.2. The summed E-state index contributed by atoms with van der Waals surface area (Å²) in [7, 11) is 2.76. The second-order valence-electron chi connectivity index (χ2n) is 5.66. The minimum atomic E-state index is -0.764. The molecule has 1 N–H and O–H groups in total. The molecule has 2 rings (SSSR count). The van der Waals surface area contributed by atoms with E-state index < -0.39 is 16.9 Å². The SMILES string of the molecule is COCCNc1ccc(C(=O)OCc2cc(C(=O)OC)c(C)o2)cc1[N+](=O)[O-]. The molecule has 0 fully saturated rings. The van der Waals surface area contributed by atoms with Crippen LogP contribution in [0.25, 0.3) is 0 Å². The molecule has 0 aliphatic rings. The lowest BCUT2D eigenvalue weighted by molar-refractivity contribution is -0.384. The van der Waals surface area contributed by atoms with E-state index in [-0.39, 0.29) is 34.9 Å². The summed E-state index contributed by atoms with van der Waals surface area (Å²) < 4.78 is 20.0. The van der Waals surface area contributed by atoms with Gasteiger partial charge in [-0.15, -0.1) is 0 Å². The molecule has 0 saturated heterocycles. The third-order valence-corrected chi connectivity index (χ3v) is 3.77. The van der Waals surface area contributed by atoms with Gasteiger partial charge in [0, 0.05) is 19.7 Å². The molecule has 0 aliphatic carbocycles. The summed E-state index contributed by atoms with van der Waals surface area (Å²) in [6.45, 7) is 2.09. The molecule has 0 spiro atoms. The first-order valence-corrected chi connectivity index (χ1v) is 8.23. The van der Waals surface area contributed by atoms with Crippen LogP contribution >= 0.6 is 0 Å². The number of esters is 2. The van der Waals surface area contributed by atoms with Gasteiger partial charge in [-0.25, -0.2) is 9.59 Å². The van der Waals surface area contributed by atoms with E-state index in [0.717, 1.165) is 6.07 Å². The standard InChI is InChI=1S/C18H20N2O8/c1-11-14(18(22)26-3)9-13(28-11)10-27-17(21)12-4-5-15(19-6-7-25-2)16(8-12)20(23)24/h4-5,8-9,19H,6-7,10H2,1-3H3. The minimum absolute atomic E-state index is 0.0143. The zero-order chi connectivity index (χ0) is 20.7. The van der Waals surface area contributed by atoms with E-state index in [1.165, 1.54) is 32.4 Å². The van der Waals surface area contributed by atoms with Gasteiger partial charge in [0.2, 0.25) is 0 Å². The van der Waals surface area contributed by atoms with E-state index in [1.807, 2.05) is 0 Å². The van der Waals surface area contributed by atoms with E-state index >= 15 is 0 Å². The van der Waals surface area contributed by atoms with Gasteiger partial charge in [-0.3, -0.25) is 10.1 Å². The maximum atomic E-state index is 12.2. The molecule has 28 heavy (non-hydrogen) atoms. The fraction of sp³-hybridized carbons (Fsp3) is 0.333. The fourth-order valence-corrected chi connectivity index (χ4v) is 2.39. The molecule has 0 bridgehead atoms. The Morgan fingerprint density at radius 1 is 1.21 bits per heavy atom. The number of carbonyl (C=O) groups is 2. The first-order valence-electron chi connectivity index (χ1n) is 8.23. The Morgan fingerprint density at radius 3 is 2.61 bits per heavy atom. The number of methoxy groups -OCH3 is 2. The predicted molar refractivity (Wildman–Crippen MR) is 97.4 cm³/mol. The molecule has 1 aromatic carbocycles. The normalized spacial score (nSPS) is 10.4. The summed E-state index contributed by atoms with van der Waals surface area (Å²) in [6.07, 6.45) is 0. The number of nitro benzene ring substituents is 1. The highest BCUT2D eigenvalue weighted by Crippen LogP contribution is 2.26. The van der Waals surface area contributed by atoms with Gasteiger partial charge in [-0.1, -0.05) is 0 Å². The lowest BCUT2D eigenvalue weighted by Gasteiger charge is -2.08. The van der Waals surface area contributed by atoms with Crippen molar-refractivity contribution in [3.63, 3.8) is 0 Å². The topological polar surface area (TPSA) is 130 Å². The Morgan fingerprint density at radius 2 is 1.96 bits per heavy atom. The molecule has 0 amide bonds. The molecule has 0 saturated carbocycles. The number of carbonyl (C=O) groups excluding carboxylic acids is 2. The van der Waals surface area contributed by atoms with E-state index in [0.29, 0.717) is 18.9 Å². The third kappa shape index (κ3) is 5.07. The Hall–Kier alpha value is -3.40. The van der Waals surface area contributed by atoms with Crippen molar-refractivity contribution in [1.29, 1.82) is 0 Å². The van der Waals surface area contributed by atoms with Crippen LogP contribution in [0.3, 0.4) is 0 Å². The van der Waals surface area contributed by atoms with Gasteiger partial charge in [0.25, 0.3) is 5.69 Å². The summed E-state index contributed by atoms with van der Waals surface area (Å²) in [4.78, 5) is 34.5. The highest BCUT2D eigenvalue weighted by atomic mass is 16.6. The van der Waals surface area contributed by atoms with Crippen LogP contribution in [0.15, 0.2) is 28.7 Å². The average molecular weight is 392 g/mol. The number of furan rings is 1. The zero-order valence-electron chi connectivity index (χ0n) is 15.6. The molecule has 0 atom stereocenters. The molecular weight excluding hydrogens is 372 g/mol. The molecule has 10 nitrogen and oxygen atoms in total. The fourth-order valence-electron chi connectivity index (χ4n) is 2.39. The van der Waals surface area contributed by atoms with Gasteiger partial charge >= 0.3 is 11.9 Å². The van der Waals surface area contributed by atoms with Gasteiger partial charge < -0.3 is 23.9 Å². The largest absolute Gasteiger partial charge is 0.465 e. The second-order valence-corrected chi connectivity index (χ2v) is 5.66. The Bertz CT molecular complexity index is 874. The van der Waals surface area contributed by atoms with Crippen LogP contribution in [0, 0.1) is 17.0 Å². The molecule has 150 valence electrons. The number of benzene rings is 1. The quantitative estimate of drug-likeness (QED) is 0.296. The molecule has 1 aromatic heterocycles. The van der Waals surface area contributed by atoms with E-state index in [1.54, 1.807) is 6.92 Å². The second kappa shape index (κ2) is 9.51. The molecule has 0 radical (unpaired) electrons. The maximum Gasteiger partial charge on any atom is 0.341 e. The van der Waals surface area contributed by atoms with Crippen LogP contribution in [0.1, 0.15) is 32.2 Å². The van der Waals surface area contributed by atoms with Crippen LogP contribution in [-0.2, 0) is 20.8 Å². The molecular formula is C18H20N2O8. The van der Waals surface area contributed by atoms with Crippen LogP contribution in [0.4, 0.5) is 11.4 Å². The summed E-state index contributed by atoms with van der Waals surface area (Å²) in [5.41, 5.74) is 0.256. The van der Waals surface area contributed by atoms with Crippen LogP contribution in [0.5, 0.6) is 0 Å². The lowest BCUT2D eigenvalue weighted by Crippen LogP contribution is -2.10. The van der Waals surface area contributed by atoms with Crippen LogP contribution in [-0.4, -0.2) is 44.2 Å². The number of ether oxygens (including phenoxy) is 3. The van der Waals surface area contributed by atoms with Crippen molar-refractivity contribution >= 4 is 23.3 Å². The minimum Gasteiger partial charge on any atom is -0.465 e. The van der Waals surface area contributed by atoms with E-state index in [9.17, 15) is 19.7 Å². The number of hydrogen-bond donors (Lipinski definition) is 1. The zero-order valence-corrected chi connectivity index (χ0v) is 15.6. The van der Waals surface area contributed by atoms with Crippen molar-refractivity contribution in [2.24, 2.45) is 0 Å². The number of nitrogens with zero attached hydrogens (tertiary/aromatic N) is 1. The Kier molecular flexibility index (Phi) is 7.10. The van der Waals surface area contributed by atoms with Gasteiger partial charge in [0.1, 0.15) is 29.4 Å². The molecule has 0 unspecified atom stereocenters. The molecule has 2 aromatic rings. The first kappa shape index (κ1) is 20.9. The van der Waals surface area contributed by atoms with Crippen molar-refractivity contribution in [1.82, 2.24) is 0 Å². The van der Waals surface area contributed by atoms with E-state index in [4.69, 9.17) is 13.9 Å². The van der Waals surface area contributed by atoms with Gasteiger partial charge in [-0.2, -0.15) is 0 Å². The number of nitrogens with one attached hydrogen (secondary N) is 1. The van der Waals surface area contributed by atoms with Crippen molar-refractivity contribution in [3.8, 4) is 0 Å². The third-order valence-electron chi connectivity index (χ3n) is 3.77. The van der Waals surface area contributed by atoms with Crippen LogP contribution in [0.2, 0.25) is 0 Å². The van der Waals surface area contributed by atoms with Crippen molar-refractivity contribution in [2.45, 2.75) is 13.5 Å². The number of anilines is 1. The summed E-state index contributed by atoms with van der Waals surface area (Å²) >= 11 is 0. The van der Waals surface area contributed by atoms with Gasteiger partial charge in [0.05, 0.1) is 24.2 Å². The Labute approximate surface area is 160 Å². The summed E-state index contributed by atoms with van der Waals surface area (Å²) in [5, 5.41) is 14.1. The highest BCUT2D eigenvalue weighted by Gasteiger charge is 2.20. The Balaban J connectivity index is 2.08. The molecule has 1 heterocycles. The predicted octanol–water partition coefficient (Wildman–Crippen LogP) is 2.70. The summed E-state index contributed by atoms with van der Waals surface area (Å²) in [5.74, 6) is -0.746. The van der Waals surface area contributed by atoms with E-state index in [2.05, 4.69) is 10.1 Å². The van der Waals surface area contributed by atoms with Gasteiger partial charge in [-0.05, 0) is 25.1 Å². The molecule has 0 aliphatic heterocycles. The highest BCUT2D eigenvalue weighted by molar-refractivity contribution is 5.92. The monoisotopic (exact) mass is 392 g/mol. The number of nitro groups is 1. The first-order chi connectivity index (χ1) is 13.4. The number of rotatable bonds is 9. The van der Waals surface area contributed by atoms with Crippen molar-refractivity contribution in [3.05, 3.63) is 57.0 Å². The number of hydrogen-bond acceptors (Lipinski definition) is 9. The van der Waals surface area contributed by atoms with Crippen molar-refractivity contribution in [2.75, 3.05) is 32.7 Å². The smallest absolute Gasteiger partial charge is 0.341 e. The van der Waals surface area contributed by atoms with Gasteiger partial charge in [0.15, 0.2) is 0 Å². The average Bonchev–Trinajstić information content (AvgIpc) is 3.06.